The van der Waals surface area contributed by atoms with Crippen molar-refractivity contribution in [2.24, 2.45) is 0 Å². The summed E-state index contributed by atoms with van der Waals surface area (Å²) in [4.78, 5) is 19.9. The van der Waals surface area contributed by atoms with Gasteiger partial charge < -0.3 is 9.80 Å². The number of hydrogen-bond acceptors (Lipinski definition) is 4. The van der Waals surface area contributed by atoms with Crippen molar-refractivity contribution in [1.29, 1.82) is 0 Å². The first kappa shape index (κ1) is 15.1. The second-order valence-electron chi connectivity index (χ2n) is 7.31. The molecule has 0 spiro atoms. The molecule has 2 fully saturated rings. The van der Waals surface area contributed by atoms with Crippen LogP contribution >= 0.6 is 0 Å². The summed E-state index contributed by atoms with van der Waals surface area (Å²) in [5, 5.41) is 7.47. The Morgan fingerprint density at radius 3 is 2.83 bits per heavy atom. The van der Waals surface area contributed by atoms with Crippen molar-refractivity contribution >= 4 is 5.91 Å². The van der Waals surface area contributed by atoms with E-state index in [1.807, 2.05) is 4.90 Å². The number of nitrogens with one attached hydrogen (secondary N) is 1. The fourth-order valence-corrected chi connectivity index (χ4v) is 4.30. The highest BCUT2D eigenvalue weighted by Gasteiger charge is 2.32. The Kier molecular flexibility index (Phi) is 4.11. The molecule has 1 N–H and O–H groups in total. The lowest BCUT2D eigenvalue weighted by Crippen LogP contribution is -2.49. The first-order chi connectivity index (χ1) is 11.2. The van der Waals surface area contributed by atoms with E-state index in [1.54, 1.807) is 0 Å². The molecule has 3 aliphatic rings. The van der Waals surface area contributed by atoms with E-state index in [-0.39, 0.29) is 5.91 Å². The number of H-pyrrole nitrogens is 1. The molecule has 1 aromatic rings. The molecule has 0 bridgehead atoms. The molecule has 3 aliphatic heterocycles. The quantitative estimate of drug-likeness (QED) is 0.887. The summed E-state index contributed by atoms with van der Waals surface area (Å²) >= 11 is 0. The van der Waals surface area contributed by atoms with Crippen molar-refractivity contribution in [3.05, 3.63) is 17.0 Å². The fourth-order valence-electron chi connectivity index (χ4n) is 4.30. The van der Waals surface area contributed by atoms with Gasteiger partial charge in [-0.3, -0.25) is 14.8 Å². The molecule has 1 aromatic heterocycles. The van der Waals surface area contributed by atoms with Gasteiger partial charge in [0.2, 0.25) is 0 Å². The van der Waals surface area contributed by atoms with E-state index >= 15 is 0 Å². The summed E-state index contributed by atoms with van der Waals surface area (Å²) in [5.74, 6) is 0.127. The molecule has 4 rings (SSSR count). The van der Waals surface area contributed by atoms with Crippen molar-refractivity contribution in [3.63, 3.8) is 0 Å². The minimum absolute atomic E-state index is 0.127. The van der Waals surface area contributed by atoms with Gasteiger partial charge in [0.25, 0.3) is 5.91 Å². The van der Waals surface area contributed by atoms with Crippen molar-refractivity contribution in [2.45, 2.75) is 44.7 Å². The first-order valence-electron chi connectivity index (χ1n) is 9.00. The lowest BCUT2D eigenvalue weighted by molar-refractivity contribution is 0.0600. The summed E-state index contributed by atoms with van der Waals surface area (Å²) < 4.78 is 0. The van der Waals surface area contributed by atoms with Crippen LogP contribution in [0.2, 0.25) is 0 Å². The maximum atomic E-state index is 13.0. The number of fused-ring (bicyclic) bond motifs is 1. The number of piperidine rings is 1. The number of rotatable bonds is 2. The van der Waals surface area contributed by atoms with Crippen molar-refractivity contribution in [3.8, 4) is 0 Å². The highest BCUT2D eigenvalue weighted by atomic mass is 16.2. The van der Waals surface area contributed by atoms with E-state index in [2.05, 4.69) is 27.0 Å². The number of carbonyl (C=O) groups excluding carboxylic acids is 1. The van der Waals surface area contributed by atoms with E-state index in [0.717, 1.165) is 50.3 Å². The van der Waals surface area contributed by atoms with Crippen molar-refractivity contribution in [1.82, 2.24) is 24.9 Å². The minimum atomic E-state index is 0.127. The highest BCUT2D eigenvalue weighted by molar-refractivity contribution is 5.94. The smallest absolute Gasteiger partial charge is 0.274 e. The summed E-state index contributed by atoms with van der Waals surface area (Å²) in [5.41, 5.74) is 2.93. The van der Waals surface area contributed by atoms with Gasteiger partial charge in [-0.15, -0.1) is 0 Å². The lowest BCUT2D eigenvalue weighted by atomic mass is 10.0. The molecular weight excluding hydrogens is 290 g/mol. The molecule has 4 heterocycles. The molecular formula is C17H27N5O. The monoisotopic (exact) mass is 317 g/mol. The SMILES string of the molecule is CN1CCc2[nH]nc(C(=O)N3CCC[C@@H](N4CCCC4)C3)c2C1. The van der Waals surface area contributed by atoms with Crippen molar-refractivity contribution in [2.75, 3.05) is 39.8 Å². The number of nitrogens with zero attached hydrogens (tertiary/aromatic N) is 4. The number of likely N-dealkylation sites (N-methyl/N-ethyl adjacent to an activating group) is 1. The number of carbonyl (C=O) groups is 1. The lowest BCUT2D eigenvalue weighted by Gasteiger charge is -2.37. The third kappa shape index (κ3) is 2.90. The van der Waals surface area contributed by atoms with Gasteiger partial charge in [0.15, 0.2) is 5.69 Å². The second-order valence-corrected chi connectivity index (χ2v) is 7.31. The van der Waals surface area contributed by atoms with Crippen LogP contribution in [-0.4, -0.2) is 76.6 Å². The molecule has 2 saturated heterocycles. The second kappa shape index (κ2) is 6.24. The number of amides is 1. The van der Waals surface area contributed by atoms with Gasteiger partial charge in [-0.1, -0.05) is 0 Å². The Morgan fingerprint density at radius 2 is 2.00 bits per heavy atom. The van der Waals surface area contributed by atoms with Gasteiger partial charge in [-0.2, -0.15) is 5.10 Å². The summed E-state index contributed by atoms with van der Waals surface area (Å²) in [7, 11) is 2.11. The van der Waals surface area contributed by atoms with Crippen LogP contribution in [0.25, 0.3) is 0 Å². The highest BCUT2D eigenvalue weighted by Crippen LogP contribution is 2.24. The van der Waals surface area contributed by atoms with Gasteiger partial charge in [0, 0.05) is 49.9 Å². The fraction of sp³-hybridized carbons (Fsp3) is 0.765. The molecule has 6 nitrogen and oxygen atoms in total. The van der Waals surface area contributed by atoms with Crippen LogP contribution in [0.5, 0.6) is 0 Å². The molecule has 1 amide bonds. The summed E-state index contributed by atoms with van der Waals surface area (Å²) in [6.07, 6.45) is 5.92. The van der Waals surface area contributed by atoms with E-state index in [1.165, 1.54) is 32.4 Å². The van der Waals surface area contributed by atoms with E-state index < -0.39 is 0 Å². The normalized spacial score (nSPS) is 26.5. The van der Waals surface area contributed by atoms with E-state index in [9.17, 15) is 4.79 Å². The molecule has 0 aromatic carbocycles. The molecule has 126 valence electrons. The minimum Gasteiger partial charge on any atom is -0.336 e. The maximum absolute atomic E-state index is 13.0. The predicted molar refractivity (Wildman–Crippen MR) is 88.4 cm³/mol. The standard InChI is InChI=1S/C17H27N5O/c1-20-10-6-15-14(12-20)16(19-18-15)17(23)22-9-4-5-13(11-22)21-7-2-3-8-21/h13H,2-12H2,1H3,(H,18,19)/t13-/m1/s1. The average molecular weight is 317 g/mol. The number of aromatic nitrogens is 2. The van der Waals surface area contributed by atoms with Crippen molar-refractivity contribution < 1.29 is 4.79 Å². The van der Waals surface area contributed by atoms with Gasteiger partial charge in [0.1, 0.15) is 0 Å². The largest absolute Gasteiger partial charge is 0.336 e. The number of hydrogen-bond donors (Lipinski definition) is 1. The average Bonchev–Trinajstić information content (AvgIpc) is 3.24. The van der Waals surface area contributed by atoms with Crippen LogP contribution in [0.4, 0.5) is 0 Å². The molecule has 0 radical (unpaired) electrons. The van der Waals surface area contributed by atoms with Crippen LogP contribution in [0.15, 0.2) is 0 Å². The Balaban J connectivity index is 1.49. The Morgan fingerprint density at radius 1 is 1.17 bits per heavy atom. The molecule has 0 unspecified atom stereocenters. The van der Waals surface area contributed by atoms with Crippen LogP contribution in [-0.2, 0) is 13.0 Å². The molecule has 6 heteroatoms. The van der Waals surface area contributed by atoms with Gasteiger partial charge >= 0.3 is 0 Å². The Hall–Kier alpha value is -1.40. The zero-order valence-electron chi connectivity index (χ0n) is 14.1. The third-order valence-electron chi connectivity index (χ3n) is 5.67. The molecule has 0 aliphatic carbocycles. The zero-order chi connectivity index (χ0) is 15.8. The third-order valence-corrected chi connectivity index (χ3v) is 5.67. The maximum Gasteiger partial charge on any atom is 0.274 e. The van der Waals surface area contributed by atoms with E-state index in [0.29, 0.717) is 11.7 Å². The topological polar surface area (TPSA) is 55.5 Å². The summed E-state index contributed by atoms with van der Waals surface area (Å²) in [6.45, 7) is 6.02. The first-order valence-corrected chi connectivity index (χ1v) is 9.00. The Labute approximate surface area is 137 Å². The van der Waals surface area contributed by atoms with Crippen LogP contribution in [0, 0.1) is 0 Å². The van der Waals surface area contributed by atoms with E-state index in [4.69, 9.17) is 0 Å². The zero-order valence-corrected chi connectivity index (χ0v) is 14.1. The predicted octanol–water partition coefficient (Wildman–Crippen LogP) is 1.10. The Bertz CT molecular complexity index is 578. The van der Waals surface area contributed by atoms with Gasteiger partial charge in [0.05, 0.1) is 0 Å². The van der Waals surface area contributed by atoms with Crippen LogP contribution < -0.4 is 0 Å². The molecule has 23 heavy (non-hydrogen) atoms. The van der Waals surface area contributed by atoms with Gasteiger partial charge in [-0.25, -0.2) is 0 Å². The van der Waals surface area contributed by atoms with Gasteiger partial charge in [-0.05, 0) is 45.8 Å². The number of likely N-dealkylation sites (tertiary alicyclic amines) is 2. The molecule has 0 saturated carbocycles. The number of aromatic amines is 1. The van der Waals surface area contributed by atoms with Crippen LogP contribution in [0.3, 0.4) is 0 Å². The summed E-state index contributed by atoms with van der Waals surface area (Å²) in [6, 6.07) is 0.549. The molecule has 1 atom stereocenters. The van der Waals surface area contributed by atoms with Crippen LogP contribution in [0.1, 0.15) is 47.4 Å².